The van der Waals surface area contributed by atoms with Gasteiger partial charge in [-0.25, -0.2) is 12.8 Å². The number of hydrogen-bond donors (Lipinski definition) is 1. The number of fused-ring (bicyclic) bond motifs is 1. The van der Waals surface area contributed by atoms with Crippen LogP contribution in [0.5, 0.6) is 5.75 Å². The van der Waals surface area contributed by atoms with Crippen LogP contribution in [0.1, 0.15) is 23.6 Å². The Kier molecular flexibility index (Phi) is 7.74. The van der Waals surface area contributed by atoms with Crippen LogP contribution in [-0.2, 0) is 34.2 Å². The molecule has 3 aromatic rings. The van der Waals surface area contributed by atoms with Crippen molar-refractivity contribution in [2.24, 2.45) is 0 Å². The van der Waals surface area contributed by atoms with Crippen LogP contribution in [0.3, 0.4) is 0 Å². The third-order valence-corrected chi connectivity index (χ3v) is 8.02. The average Bonchev–Trinajstić information content (AvgIpc) is 2.84. The van der Waals surface area contributed by atoms with E-state index >= 15 is 0 Å². The summed E-state index contributed by atoms with van der Waals surface area (Å²) in [5.74, 6) is -0.144. The maximum Gasteiger partial charge on any atom is 0.244 e. The van der Waals surface area contributed by atoms with Gasteiger partial charge in [-0.1, -0.05) is 41.9 Å². The highest BCUT2D eigenvalue weighted by molar-refractivity contribution is 7.89. The second-order valence-corrected chi connectivity index (χ2v) is 10.6. The number of nitrogens with zero attached hydrogens (tertiary/aromatic N) is 1. The van der Waals surface area contributed by atoms with Crippen LogP contribution in [0.2, 0.25) is 5.02 Å². The molecule has 6 nitrogen and oxygen atoms in total. The first kappa shape index (κ1) is 25.2. The van der Waals surface area contributed by atoms with E-state index in [-0.39, 0.29) is 35.2 Å². The van der Waals surface area contributed by atoms with E-state index in [4.69, 9.17) is 16.3 Å². The summed E-state index contributed by atoms with van der Waals surface area (Å²) in [6.07, 6.45) is 0.494. The smallest absolute Gasteiger partial charge is 0.244 e. The summed E-state index contributed by atoms with van der Waals surface area (Å²) >= 11 is 6.06. The molecule has 0 saturated carbocycles. The number of nitrogens with one attached hydrogen (secondary N) is 1. The monoisotopic (exact) mass is 516 g/mol. The highest BCUT2D eigenvalue weighted by Gasteiger charge is 2.39. The zero-order chi connectivity index (χ0) is 25.0. The summed E-state index contributed by atoms with van der Waals surface area (Å²) < 4.78 is 48.0. The lowest BCUT2D eigenvalue weighted by Crippen LogP contribution is -2.52. The predicted molar refractivity (Wildman–Crippen MR) is 132 cm³/mol. The molecule has 0 fully saturated rings. The van der Waals surface area contributed by atoms with Gasteiger partial charge < -0.3 is 10.1 Å². The van der Waals surface area contributed by atoms with Crippen molar-refractivity contribution in [1.29, 1.82) is 0 Å². The third kappa shape index (κ3) is 5.66. The van der Waals surface area contributed by atoms with Gasteiger partial charge in [-0.2, -0.15) is 4.31 Å². The SMILES string of the molecule is CCOc1ccc2c(c1)CN(S(=O)(=O)c1cccc(Cl)c1)C(C(=O)NCCc1ccccc1F)C2. The molecule has 0 bridgehead atoms. The van der Waals surface area contributed by atoms with Crippen LogP contribution in [0.15, 0.2) is 71.6 Å². The molecule has 1 heterocycles. The molecule has 1 aliphatic rings. The molecule has 1 atom stereocenters. The Bertz CT molecular complexity index is 1330. The van der Waals surface area contributed by atoms with Crippen molar-refractivity contribution in [1.82, 2.24) is 9.62 Å². The van der Waals surface area contributed by atoms with Crippen LogP contribution in [-0.4, -0.2) is 37.8 Å². The standard InChI is InChI=1S/C26H26ClFN2O4S/c1-2-34-22-11-10-19-15-25(26(31)29-13-12-18-6-3-4-9-24(18)28)30(17-20(19)14-22)35(32,33)23-8-5-7-21(27)16-23/h3-11,14,16,25H,2,12-13,15,17H2,1H3,(H,29,31). The molecule has 0 aliphatic carbocycles. The molecule has 3 aromatic carbocycles. The van der Waals surface area contributed by atoms with E-state index in [1.807, 2.05) is 25.1 Å². The van der Waals surface area contributed by atoms with E-state index in [0.29, 0.717) is 24.3 Å². The molecule has 1 aliphatic heterocycles. The fourth-order valence-corrected chi connectivity index (χ4v) is 6.04. The van der Waals surface area contributed by atoms with Gasteiger partial charge in [0.15, 0.2) is 0 Å². The molecular weight excluding hydrogens is 491 g/mol. The molecule has 1 unspecified atom stereocenters. The summed E-state index contributed by atoms with van der Waals surface area (Å²) in [5, 5.41) is 3.08. The Morgan fingerprint density at radius 1 is 1.11 bits per heavy atom. The van der Waals surface area contributed by atoms with Crippen LogP contribution >= 0.6 is 11.6 Å². The Hall–Kier alpha value is -2.94. The normalized spacial score (nSPS) is 15.9. The minimum Gasteiger partial charge on any atom is -0.494 e. The molecular formula is C26H26ClFN2O4S. The first-order chi connectivity index (χ1) is 16.8. The summed E-state index contributed by atoms with van der Waals surface area (Å²) in [6, 6.07) is 16.9. The quantitative estimate of drug-likeness (QED) is 0.483. The zero-order valence-corrected chi connectivity index (χ0v) is 20.8. The molecule has 0 spiro atoms. The van der Waals surface area contributed by atoms with Gasteiger partial charge in [0.2, 0.25) is 15.9 Å². The average molecular weight is 517 g/mol. The Balaban J connectivity index is 1.61. The molecule has 9 heteroatoms. The Labute approximate surface area is 209 Å². The lowest BCUT2D eigenvalue weighted by molar-refractivity contribution is -0.125. The minimum atomic E-state index is -4.04. The largest absolute Gasteiger partial charge is 0.494 e. The van der Waals surface area contributed by atoms with Crippen LogP contribution in [0.25, 0.3) is 0 Å². The number of carbonyl (C=O) groups excluding carboxylic acids is 1. The minimum absolute atomic E-state index is 0.0104. The molecule has 0 saturated heterocycles. The van der Waals surface area contributed by atoms with Crippen LogP contribution in [0.4, 0.5) is 4.39 Å². The first-order valence-electron chi connectivity index (χ1n) is 11.3. The van der Waals surface area contributed by atoms with Crippen molar-refractivity contribution >= 4 is 27.5 Å². The predicted octanol–water partition coefficient (Wildman–Crippen LogP) is 4.35. The number of carbonyl (C=O) groups is 1. The van der Waals surface area contributed by atoms with Gasteiger partial charge >= 0.3 is 0 Å². The molecule has 0 radical (unpaired) electrons. The highest BCUT2D eigenvalue weighted by Crippen LogP contribution is 2.32. The fourth-order valence-electron chi connectivity index (χ4n) is 4.17. The van der Waals surface area contributed by atoms with Crippen molar-refractivity contribution in [3.8, 4) is 5.75 Å². The second kappa shape index (κ2) is 10.8. The number of halogens is 2. The number of ether oxygens (including phenoxy) is 1. The van der Waals surface area contributed by atoms with Gasteiger partial charge in [0.1, 0.15) is 17.6 Å². The van der Waals surface area contributed by atoms with E-state index in [1.165, 1.54) is 22.5 Å². The molecule has 4 rings (SSSR count). The summed E-state index contributed by atoms with van der Waals surface area (Å²) in [7, 11) is -4.04. The van der Waals surface area contributed by atoms with Crippen molar-refractivity contribution in [2.45, 2.75) is 37.2 Å². The fraction of sp³-hybridized carbons (Fsp3) is 0.269. The molecule has 0 aromatic heterocycles. The zero-order valence-electron chi connectivity index (χ0n) is 19.2. The van der Waals surface area contributed by atoms with Crippen LogP contribution in [0, 0.1) is 5.82 Å². The van der Waals surface area contributed by atoms with E-state index in [9.17, 15) is 17.6 Å². The summed E-state index contributed by atoms with van der Waals surface area (Å²) in [6.45, 7) is 2.54. The van der Waals surface area contributed by atoms with E-state index < -0.39 is 22.0 Å². The molecule has 1 N–H and O–H groups in total. The van der Waals surface area contributed by atoms with Crippen molar-refractivity contribution in [2.75, 3.05) is 13.2 Å². The van der Waals surface area contributed by atoms with Gasteiger partial charge in [-0.3, -0.25) is 4.79 Å². The van der Waals surface area contributed by atoms with Crippen LogP contribution < -0.4 is 10.1 Å². The molecule has 184 valence electrons. The van der Waals surface area contributed by atoms with Crippen molar-refractivity contribution in [3.63, 3.8) is 0 Å². The molecule has 35 heavy (non-hydrogen) atoms. The van der Waals surface area contributed by atoms with E-state index in [1.54, 1.807) is 30.3 Å². The number of benzene rings is 3. The second-order valence-electron chi connectivity index (χ2n) is 8.22. The summed E-state index contributed by atoms with van der Waals surface area (Å²) in [5.41, 5.74) is 2.13. The lowest BCUT2D eigenvalue weighted by atomic mass is 9.95. The maximum absolute atomic E-state index is 13.9. The number of rotatable bonds is 8. The van der Waals surface area contributed by atoms with Crippen molar-refractivity contribution in [3.05, 3.63) is 94.3 Å². The number of sulfonamides is 1. The van der Waals surface area contributed by atoms with Gasteiger partial charge in [0.25, 0.3) is 0 Å². The van der Waals surface area contributed by atoms with Gasteiger partial charge in [0.05, 0.1) is 11.5 Å². The van der Waals surface area contributed by atoms with E-state index in [0.717, 1.165) is 11.1 Å². The Morgan fingerprint density at radius 2 is 1.91 bits per heavy atom. The number of amides is 1. The lowest BCUT2D eigenvalue weighted by Gasteiger charge is -2.35. The highest BCUT2D eigenvalue weighted by atomic mass is 35.5. The van der Waals surface area contributed by atoms with E-state index in [2.05, 4.69) is 5.32 Å². The number of hydrogen-bond acceptors (Lipinski definition) is 4. The molecule has 1 amide bonds. The van der Waals surface area contributed by atoms with Gasteiger partial charge in [-0.15, -0.1) is 0 Å². The Morgan fingerprint density at radius 3 is 2.66 bits per heavy atom. The first-order valence-corrected chi connectivity index (χ1v) is 13.1. The topological polar surface area (TPSA) is 75.7 Å². The van der Waals surface area contributed by atoms with Crippen molar-refractivity contribution < 1.29 is 22.3 Å². The summed E-state index contributed by atoms with van der Waals surface area (Å²) in [4.78, 5) is 13.3. The maximum atomic E-state index is 13.9. The van der Waals surface area contributed by atoms with Gasteiger partial charge in [0, 0.05) is 18.1 Å². The van der Waals surface area contributed by atoms with Gasteiger partial charge in [-0.05, 0) is 72.9 Å². The third-order valence-electron chi connectivity index (χ3n) is 5.93.